The molecule has 0 bridgehead atoms. The number of carboxylic acid groups (broad SMARTS) is 1. The van der Waals surface area contributed by atoms with Crippen molar-refractivity contribution in [2.24, 2.45) is 0 Å². The molecule has 1 fully saturated rings. The first kappa shape index (κ1) is 15.7. The minimum absolute atomic E-state index is 0.203. The van der Waals surface area contributed by atoms with Crippen molar-refractivity contribution in [1.82, 2.24) is 10.2 Å². The van der Waals surface area contributed by atoms with Crippen molar-refractivity contribution >= 4 is 12.0 Å². The number of nitrogens with one attached hydrogen (secondary N) is 1. The third-order valence-electron chi connectivity index (χ3n) is 2.70. The zero-order valence-corrected chi connectivity index (χ0v) is 11.0. The van der Waals surface area contributed by atoms with Crippen LogP contribution in [0.2, 0.25) is 0 Å². The Balaban J connectivity index is 2.53. The maximum atomic E-state index is 11.8. The molecule has 1 saturated heterocycles. The Hall–Kier alpha value is -1.38. The topological polar surface area (TPSA) is 119 Å². The average Bonchev–Trinajstić information content (AvgIpc) is 2.33. The van der Waals surface area contributed by atoms with Crippen LogP contribution in [-0.4, -0.2) is 76.3 Å². The average molecular weight is 276 g/mol. The summed E-state index contributed by atoms with van der Waals surface area (Å²) in [7, 11) is 0. The van der Waals surface area contributed by atoms with Crippen molar-refractivity contribution in [2.45, 2.75) is 31.7 Å². The number of rotatable bonds is 4. The molecule has 1 aliphatic heterocycles. The van der Waals surface area contributed by atoms with Gasteiger partial charge in [-0.15, -0.1) is 0 Å². The van der Waals surface area contributed by atoms with Crippen molar-refractivity contribution in [3.8, 4) is 0 Å². The van der Waals surface area contributed by atoms with Gasteiger partial charge in [0, 0.05) is 0 Å². The number of carbonyl (C=O) groups excluding carboxylic acids is 1. The molecule has 2 atom stereocenters. The van der Waals surface area contributed by atoms with Crippen LogP contribution in [0.3, 0.4) is 0 Å². The van der Waals surface area contributed by atoms with Crippen LogP contribution in [-0.2, 0) is 9.53 Å². The molecule has 0 aromatic rings. The second-order valence-corrected chi connectivity index (χ2v) is 5.10. The summed E-state index contributed by atoms with van der Waals surface area (Å²) in [5, 5.41) is 29.0. The molecule has 8 heteroatoms. The minimum Gasteiger partial charge on any atom is -0.479 e. The highest BCUT2D eigenvalue weighted by Crippen LogP contribution is 2.20. The van der Waals surface area contributed by atoms with Crippen LogP contribution < -0.4 is 5.32 Å². The fourth-order valence-corrected chi connectivity index (χ4v) is 1.93. The van der Waals surface area contributed by atoms with Gasteiger partial charge in [-0.1, -0.05) is 0 Å². The number of aliphatic carboxylic acids is 1. The van der Waals surface area contributed by atoms with Crippen LogP contribution in [0.25, 0.3) is 0 Å². The molecule has 0 spiro atoms. The number of hydrogen-bond donors (Lipinski definition) is 4. The fraction of sp³-hybridized carbons (Fsp3) is 0.818. The van der Waals surface area contributed by atoms with Crippen molar-refractivity contribution in [3.63, 3.8) is 0 Å². The second kappa shape index (κ2) is 6.18. The van der Waals surface area contributed by atoms with Gasteiger partial charge in [-0.05, 0) is 13.8 Å². The van der Waals surface area contributed by atoms with E-state index in [1.165, 1.54) is 4.90 Å². The Kier molecular flexibility index (Phi) is 5.10. The first-order valence-corrected chi connectivity index (χ1v) is 5.97. The number of morpholine rings is 1. The summed E-state index contributed by atoms with van der Waals surface area (Å²) in [6.07, 6.45) is -2.11. The Morgan fingerprint density at radius 1 is 1.53 bits per heavy atom. The molecule has 1 unspecified atom stereocenters. The monoisotopic (exact) mass is 276 g/mol. The van der Waals surface area contributed by atoms with Gasteiger partial charge in [-0.25, -0.2) is 9.59 Å². The van der Waals surface area contributed by atoms with E-state index in [-0.39, 0.29) is 19.7 Å². The summed E-state index contributed by atoms with van der Waals surface area (Å²) in [6.45, 7) is 3.55. The number of carbonyl (C=O) groups is 2. The zero-order valence-electron chi connectivity index (χ0n) is 11.0. The van der Waals surface area contributed by atoms with E-state index in [1.54, 1.807) is 13.8 Å². The van der Waals surface area contributed by atoms with Crippen molar-refractivity contribution < 1.29 is 29.6 Å². The molecule has 0 saturated carbocycles. The summed E-state index contributed by atoms with van der Waals surface area (Å²) < 4.78 is 5.55. The van der Waals surface area contributed by atoms with Crippen molar-refractivity contribution in [3.05, 3.63) is 0 Å². The highest BCUT2D eigenvalue weighted by atomic mass is 16.5. The molecule has 0 aromatic heterocycles. The number of aliphatic hydroxyl groups excluding tert-OH is 2. The largest absolute Gasteiger partial charge is 0.479 e. The maximum absolute atomic E-state index is 11.8. The molecule has 1 aliphatic rings. The molecule has 110 valence electrons. The molecule has 2 amide bonds. The van der Waals surface area contributed by atoms with Crippen molar-refractivity contribution in [2.75, 3.05) is 26.2 Å². The van der Waals surface area contributed by atoms with Gasteiger partial charge in [0.1, 0.15) is 0 Å². The third-order valence-corrected chi connectivity index (χ3v) is 2.70. The predicted molar refractivity (Wildman–Crippen MR) is 64.7 cm³/mol. The number of urea groups is 1. The van der Waals surface area contributed by atoms with E-state index in [0.29, 0.717) is 6.54 Å². The summed E-state index contributed by atoms with van der Waals surface area (Å²) in [5.74, 6) is -1.39. The Bertz CT molecular complexity index is 346. The molecule has 0 aliphatic carbocycles. The normalized spacial score (nSPS) is 23.8. The van der Waals surface area contributed by atoms with E-state index >= 15 is 0 Å². The number of nitrogens with zero attached hydrogens (tertiary/aromatic N) is 1. The molecule has 1 rings (SSSR count). The molecule has 19 heavy (non-hydrogen) atoms. The first-order chi connectivity index (χ1) is 8.75. The van der Waals surface area contributed by atoms with E-state index in [4.69, 9.17) is 20.1 Å². The number of ether oxygens (including phenoxy) is 1. The quantitative estimate of drug-likeness (QED) is 0.502. The van der Waals surface area contributed by atoms with Gasteiger partial charge >= 0.3 is 12.0 Å². The van der Waals surface area contributed by atoms with Crippen LogP contribution in [0.15, 0.2) is 0 Å². The lowest BCUT2D eigenvalue weighted by Gasteiger charge is -2.42. The Morgan fingerprint density at radius 3 is 2.68 bits per heavy atom. The summed E-state index contributed by atoms with van der Waals surface area (Å²) >= 11 is 0. The van der Waals surface area contributed by atoms with E-state index in [9.17, 15) is 9.59 Å². The molecular weight excluding hydrogens is 256 g/mol. The standard InChI is InChI=1S/C11H20N2O6/c1-11(2)6-13(4-7(5-14)19-11)10(18)12-3-8(15)9(16)17/h7-8,14-15H,3-6H2,1-2H3,(H,12,18)(H,16,17)/t7?,8-/m0/s1. The predicted octanol–water partition coefficient (Wildman–Crippen LogP) is -1.39. The lowest BCUT2D eigenvalue weighted by molar-refractivity contribution is -0.146. The minimum atomic E-state index is -1.63. The summed E-state index contributed by atoms with van der Waals surface area (Å²) in [5.41, 5.74) is -0.589. The second-order valence-electron chi connectivity index (χ2n) is 5.10. The van der Waals surface area contributed by atoms with E-state index in [1.807, 2.05) is 0 Å². The molecule has 0 radical (unpaired) electrons. The van der Waals surface area contributed by atoms with E-state index in [2.05, 4.69) is 5.32 Å². The summed E-state index contributed by atoms with van der Waals surface area (Å²) in [4.78, 5) is 23.7. The van der Waals surface area contributed by atoms with Gasteiger partial charge in [0.15, 0.2) is 6.10 Å². The molecule has 8 nitrogen and oxygen atoms in total. The highest BCUT2D eigenvalue weighted by Gasteiger charge is 2.35. The van der Waals surface area contributed by atoms with Gasteiger partial charge in [0.05, 0.1) is 37.9 Å². The van der Waals surface area contributed by atoms with Crippen LogP contribution in [0, 0.1) is 0 Å². The van der Waals surface area contributed by atoms with Crippen LogP contribution in [0.1, 0.15) is 13.8 Å². The number of aliphatic hydroxyl groups is 2. The van der Waals surface area contributed by atoms with Crippen LogP contribution in [0.4, 0.5) is 4.79 Å². The van der Waals surface area contributed by atoms with Gasteiger partial charge < -0.3 is 30.3 Å². The fourth-order valence-electron chi connectivity index (χ4n) is 1.93. The van der Waals surface area contributed by atoms with Crippen LogP contribution in [0.5, 0.6) is 0 Å². The molecular formula is C11H20N2O6. The van der Waals surface area contributed by atoms with Gasteiger partial charge in [-0.2, -0.15) is 0 Å². The maximum Gasteiger partial charge on any atom is 0.334 e. The lowest BCUT2D eigenvalue weighted by Crippen LogP contribution is -2.58. The SMILES string of the molecule is CC1(C)CN(C(=O)NC[C@H](O)C(=O)O)CC(CO)O1. The van der Waals surface area contributed by atoms with E-state index in [0.717, 1.165) is 0 Å². The van der Waals surface area contributed by atoms with Crippen LogP contribution >= 0.6 is 0 Å². The zero-order chi connectivity index (χ0) is 14.6. The van der Waals surface area contributed by atoms with Gasteiger partial charge in [0.25, 0.3) is 0 Å². The molecule has 1 heterocycles. The van der Waals surface area contributed by atoms with Gasteiger partial charge in [-0.3, -0.25) is 0 Å². The Labute approximate surface area is 111 Å². The van der Waals surface area contributed by atoms with E-state index < -0.39 is 29.8 Å². The number of hydrogen-bond acceptors (Lipinski definition) is 5. The lowest BCUT2D eigenvalue weighted by atomic mass is 10.1. The summed E-state index contributed by atoms with van der Waals surface area (Å²) in [6, 6.07) is -0.491. The smallest absolute Gasteiger partial charge is 0.334 e. The molecule has 4 N–H and O–H groups in total. The molecule has 0 aromatic carbocycles. The number of carboxylic acids is 1. The Morgan fingerprint density at radius 2 is 2.16 bits per heavy atom. The first-order valence-electron chi connectivity index (χ1n) is 5.97. The van der Waals surface area contributed by atoms with Crippen molar-refractivity contribution in [1.29, 1.82) is 0 Å². The van der Waals surface area contributed by atoms with Gasteiger partial charge in [0.2, 0.25) is 0 Å². The highest BCUT2D eigenvalue weighted by molar-refractivity contribution is 5.77. The third kappa shape index (κ3) is 4.66. The number of amides is 2.